The molecule has 0 fully saturated rings. The number of oxazole rings is 1. The summed E-state index contributed by atoms with van der Waals surface area (Å²) < 4.78 is 16.4. The second kappa shape index (κ2) is 8.89. The van der Waals surface area contributed by atoms with Crippen molar-refractivity contribution < 1.29 is 18.7 Å². The maximum atomic E-state index is 11.9. The molecule has 8 heteroatoms. The molecule has 0 aliphatic carbocycles. The number of esters is 1. The topological polar surface area (TPSA) is 74.5 Å². The summed E-state index contributed by atoms with van der Waals surface area (Å²) in [4.78, 5) is 20.6. The number of carbonyl (C=O) groups excluding carboxylic acids is 1. The maximum Gasteiger partial charge on any atom is 0.331 e. The molecule has 2 heterocycles. The molecule has 0 aliphatic heterocycles. The number of benzene rings is 2. The average Bonchev–Trinajstić information content (AvgIpc) is 3.36. The van der Waals surface area contributed by atoms with Crippen molar-refractivity contribution in [3.8, 4) is 5.75 Å². The highest BCUT2D eigenvalue weighted by Crippen LogP contribution is 2.19. The molecule has 0 radical (unpaired) electrons. The van der Waals surface area contributed by atoms with Crippen LogP contribution >= 0.6 is 22.9 Å². The van der Waals surface area contributed by atoms with Gasteiger partial charge in [-0.25, -0.2) is 14.8 Å². The summed E-state index contributed by atoms with van der Waals surface area (Å²) in [7, 11) is 0. The Hall–Kier alpha value is -3.16. The monoisotopic (exact) mass is 426 g/mol. The van der Waals surface area contributed by atoms with Gasteiger partial charge < -0.3 is 13.9 Å². The smallest absolute Gasteiger partial charge is 0.331 e. The zero-order valence-electron chi connectivity index (χ0n) is 15.1. The SMILES string of the molecule is O=C(/C=C/c1nc2ccccc2o1)OCc1csc(COc2ccc(Cl)cc2)n1. The first-order valence-corrected chi connectivity index (χ1v) is 9.93. The molecule has 0 unspecified atom stereocenters. The van der Waals surface area contributed by atoms with Crippen LogP contribution < -0.4 is 4.74 Å². The number of para-hydroxylation sites is 2. The van der Waals surface area contributed by atoms with Crippen molar-refractivity contribution in [3.05, 3.63) is 81.6 Å². The lowest BCUT2D eigenvalue weighted by Crippen LogP contribution is -2.01. The van der Waals surface area contributed by atoms with Gasteiger partial charge in [-0.1, -0.05) is 23.7 Å². The van der Waals surface area contributed by atoms with E-state index in [1.807, 2.05) is 29.6 Å². The van der Waals surface area contributed by atoms with Crippen LogP contribution in [-0.4, -0.2) is 15.9 Å². The first-order valence-electron chi connectivity index (χ1n) is 8.68. The van der Waals surface area contributed by atoms with Crippen LogP contribution in [0.5, 0.6) is 5.75 Å². The fourth-order valence-corrected chi connectivity index (χ4v) is 3.27. The van der Waals surface area contributed by atoms with Crippen molar-refractivity contribution >= 4 is 46.1 Å². The zero-order valence-corrected chi connectivity index (χ0v) is 16.7. The van der Waals surface area contributed by atoms with Crippen molar-refractivity contribution in [1.82, 2.24) is 9.97 Å². The summed E-state index contributed by atoms with van der Waals surface area (Å²) in [5.74, 6) is 0.555. The quantitative estimate of drug-likeness (QED) is 0.296. The Labute approximate surface area is 175 Å². The number of halogens is 1. The Bertz CT molecular complexity index is 1120. The highest BCUT2D eigenvalue weighted by Gasteiger charge is 2.07. The highest BCUT2D eigenvalue weighted by atomic mass is 35.5. The van der Waals surface area contributed by atoms with Crippen molar-refractivity contribution in [1.29, 1.82) is 0 Å². The van der Waals surface area contributed by atoms with Crippen LogP contribution in [0.4, 0.5) is 0 Å². The zero-order chi connectivity index (χ0) is 20.1. The maximum absolute atomic E-state index is 11.9. The number of ether oxygens (including phenoxy) is 2. The summed E-state index contributed by atoms with van der Waals surface area (Å²) in [6, 6.07) is 14.5. The lowest BCUT2D eigenvalue weighted by Gasteiger charge is -2.03. The number of carbonyl (C=O) groups is 1. The molecule has 2 aromatic heterocycles. The number of aromatic nitrogens is 2. The van der Waals surface area contributed by atoms with Gasteiger partial charge in [0.15, 0.2) is 5.58 Å². The minimum Gasteiger partial charge on any atom is -0.486 e. The van der Waals surface area contributed by atoms with E-state index >= 15 is 0 Å². The normalized spacial score (nSPS) is 11.2. The van der Waals surface area contributed by atoms with E-state index in [1.165, 1.54) is 23.5 Å². The van der Waals surface area contributed by atoms with E-state index in [0.29, 0.717) is 34.5 Å². The molecule has 0 spiro atoms. The van der Waals surface area contributed by atoms with Gasteiger partial charge in [0.25, 0.3) is 0 Å². The number of thiazole rings is 1. The van der Waals surface area contributed by atoms with E-state index in [4.69, 9.17) is 25.5 Å². The predicted molar refractivity (Wildman–Crippen MR) is 111 cm³/mol. The molecule has 0 amide bonds. The molecular weight excluding hydrogens is 412 g/mol. The summed E-state index contributed by atoms with van der Waals surface area (Å²) in [6.07, 6.45) is 2.76. The van der Waals surface area contributed by atoms with Gasteiger partial charge in [-0.2, -0.15) is 0 Å². The molecule has 2 aromatic carbocycles. The molecular formula is C21H15ClN2O4S. The second-order valence-electron chi connectivity index (χ2n) is 5.94. The molecule has 4 aromatic rings. The van der Waals surface area contributed by atoms with Crippen molar-refractivity contribution in [2.75, 3.05) is 0 Å². The summed E-state index contributed by atoms with van der Waals surface area (Å²) in [5, 5.41) is 3.27. The van der Waals surface area contributed by atoms with E-state index in [0.717, 1.165) is 10.5 Å². The third kappa shape index (κ3) is 5.22. The van der Waals surface area contributed by atoms with Crippen LogP contribution in [-0.2, 0) is 22.7 Å². The largest absolute Gasteiger partial charge is 0.486 e. The van der Waals surface area contributed by atoms with E-state index in [1.54, 1.807) is 24.3 Å². The summed E-state index contributed by atoms with van der Waals surface area (Å²) in [5.41, 5.74) is 2.06. The fraction of sp³-hybridized carbons (Fsp3) is 0.0952. The van der Waals surface area contributed by atoms with Crippen LogP contribution in [0, 0.1) is 0 Å². The minimum atomic E-state index is -0.501. The molecule has 0 aliphatic rings. The van der Waals surface area contributed by atoms with Gasteiger partial charge in [0.1, 0.15) is 29.5 Å². The van der Waals surface area contributed by atoms with E-state index in [2.05, 4.69) is 9.97 Å². The number of fused-ring (bicyclic) bond motifs is 1. The molecule has 0 saturated carbocycles. The standard InChI is InChI=1S/C21H15ClN2O4S/c22-14-5-7-16(8-6-14)26-12-20-23-15(13-29-20)11-27-21(25)10-9-19-24-17-3-1-2-4-18(17)28-19/h1-10,13H,11-12H2/b10-9+. The van der Waals surface area contributed by atoms with Gasteiger partial charge in [0.05, 0.1) is 5.69 Å². The first-order chi connectivity index (χ1) is 14.2. The van der Waals surface area contributed by atoms with Crippen molar-refractivity contribution in [2.24, 2.45) is 0 Å². The number of hydrogen-bond acceptors (Lipinski definition) is 7. The van der Waals surface area contributed by atoms with Crippen LogP contribution in [0.15, 0.2) is 64.4 Å². The van der Waals surface area contributed by atoms with Gasteiger partial charge in [-0.15, -0.1) is 11.3 Å². The minimum absolute atomic E-state index is 0.0776. The number of rotatable bonds is 7. The van der Waals surface area contributed by atoms with Gasteiger partial charge in [-0.3, -0.25) is 0 Å². The van der Waals surface area contributed by atoms with Crippen LogP contribution in [0.25, 0.3) is 17.2 Å². The van der Waals surface area contributed by atoms with Gasteiger partial charge in [-0.05, 0) is 36.4 Å². The second-order valence-corrected chi connectivity index (χ2v) is 7.32. The highest BCUT2D eigenvalue weighted by molar-refractivity contribution is 7.09. The molecule has 146 valence electrons. The summed E-state index contributed by atoms with van der Waals surface area (Å²) in [6.45, 7) is 0.409. The molecule has 0 bridgehead atoms. The van der Waals surface area contributed by atoms with E-state index in [-0.39, 0.29) is 6.61 Å². The Morgan fingerprint density at radius 1 is 1.10 bits per heavy atom. The van der Waals surface area contributed by atoms with Crippen molar-refractivity contribution in [3.63, 3.8) is 0 Å². The Morgan fingerprint density at radius 3 is 2.76 bits per heavy atom. The number of nitrogens with zero attached hydrogens (tertiary/aromatic N) is 2. The number of hydrogen-bond donors (Lipinski definition) is 0. The molecule has 0 atom stereocenters. The van der Waals surface area contributed by atoms with Crippen molar-refractivity contribution in [2.45, 2.75) is 13.2 Å². The molecule has 0 saturated heterocycles. The van der Waals surface area contributed by atoms with Crippen LogP contribution in [0.2, 0.25) is 5.02 Å². The predicted octanol–water partition coefficient (Wildman–Crippen LogP) is 5.27. The van der Waals surface area contributed by atoms with E-state index < -0.39 is 5.97 Å². The van der Waals surface area contributed by atoms with Crippen LogP contribution in [0.1, 0.15) is 16.6 Å². The molecule has 4 rings (SSSR count). The molecule has 6 nitrogen and oxygen atoms in total. The first kappa shape index (κ1) is 19.2. The Balaban J connectivity index is 1.26. The lowest BCUT2D eigenvalue weighted by atomic mass is 10.3. The molecule has 29 heavy (non-hydrogen) atoms. The Morgan fingerprint density at radius 2 is 1.93 bits per heavy atom. The van der Waals surface area contributed by atoms with E-state index in [9.17, 15) is 4.79 Å². The fourth-order valence-electron chi connectivity index (χ4n) is 2.45. The lowest BCUT2D eigenvalue weighted by molar-refractivity contribution is -0.139. The van der Waals surface area contributed by atoms with Crippen LogP contribution in [0.3, 0.4) is 0 Å². The Kier molecular flexibility index (Phi) is 5.88. The molecule has 0 N–H and O–H groups in total. The van der Waals surface area contributed by atoms with Gasteiger partial charge in [0.2, 0.25) is 5.89 Å². The third-order valence-electron chi connectivity index (χ3n) is 3.81. The third-order valence-corrected chi connectivity index (χ3v) is 4.93. The van der Waals surface area contributed by atoms with Gasteiger partial charge in [0, 0.05) is 22.6 Å². The summed E-state index contributed by atoms with van der Waals surface area (Å²) >= 11 is 7.29. The van der Waals surface area contributed by atoms with Gasteiger partial charge >= 0.3 is 5.97 Å². The average molecular weight is 427 g/mol.